The normalized spacial score (nSPS) is 10.4. The minimum Gasteiger partial charge on any atom is -0.370 e. The van der Waals surface area contributed by atoms with Gasteiger partial charge >= 0.3 is 0 Å². The van der Waals surface area contributed by atoms with E-state index in [1.165, 1.54) is 0 Å². The molecule has 0 bridgehead atoms. The van der Waals surface area contributed by atoms with Crippen LogP contribution in [0, 0.1) is 0 Å². The molecule has 0 aliphatic heterocycles. The second-order valence-electron chi connectivity index (χ2n) is 4.18. The fourth-order valence-corrected chi connectivity index (χ4v) is 2.14. The number of nitrogens with one attached hydrogen (secondary N) is 1. The molecule has 0 aromatic heterocycles. The number of rotatable bonds is 4. The van der Waals surface area contributed by atoms with Gasteiger partial charge in [-0.25, -0.2) is 0 Å². The number of nitrogens with two attached hydrogens (primary N) is 1. The number of primary amides is 1. The molecule has 3 N–H and O–H groups in total. The summed E-state index contributed by atoms with van der Waals surface area (Å²) in [6.45, 7) is 0.256. The van der Waals surface area contributed by atoms with Gasteiger partial charge in [-0.05, 0) is 35.0 Å². The molecule has 19 heavy (non-hydrogen) atoms. The molecule has 0 saturated heterocycles. The zero-order valence-corrected chi connectivity index (χ0v) is 11.7. The molecular weight excluding hydrogens is 308 g/mol. The van der Waals surface area contributed by atoms with Gasteiger partial charge in [0.05, 0.1) is 0 Å². The van der Waals surface area contributed by atoms with Crippen LogP contribution in [0.4, 0.5) is 0 Å². The van der Waals surface area contributed by atoms with Gasteiger partial charge in [0.15, 0.2) is 0 Å². The number of fused-ring (bicyclic) bond motifs is 1. The monoisotopic (exact) mass is 320 g/mol. The number of carbonyl (C=O) groups excluding carboxylic acids is 2. The summed E-state index contributed by atoms with van der Waals surface area (Å²) in [4.78, 5) is 22.5. The first-order valence-electron chi connectivity index (χ1n) is 5.82. The Kier molecular flexibility index (Phi) is 4.16. The fraction of sp³-hybridized carbons (Fsp3) is 0.143. The Morgan fingerprint density at radius 3 is 2.53 bits per heavy atom. The van der Waals surface area contributed by atoms with E-state index in [4.69, 9.17) is 5.73 Å². The molecule has 0 spiro atoms. The Morgan fingerprint density at radius 2 is 1.79 bits per heavy atom. The molecule has 2 rings (SSSR count). The molecule has 0 radical (unpaired) electrons. The van der Waals surface area contributed by atoms with Gasteiger partial charge in [0.2, 0.25) is 5.91 Å². The van der Waals surface area contributed by atoms with Crippen molar-refractivity contribution in [2.24, 2.45) is 5.73 Å². The molecular formula is C14H13BrN2O2. The van der Waals surface area contributed by atoms with Gasteiger partial charge in [-0.3, -0.25) is 9.59 Å². The quantitative estimate of drug-likeness (QED) is 0.906. The highest BCUT2D eigenvalue weighted by molar-refractivity contribution is 9.10. The van der Waals surface area contributed by atoms with Gasteiger partial charge in [-0.1, -0.05) is 28.1 Å². The van der Waals surface area contributed by atoms with Crippen LogP contribution >= 0.6 is 15.9 Å². The third-order valence-electron chi connectivity index (χ3n) is 2.72. The molecule has 5 heteroatoms. The average molecular weight is 321 g/mol. The summed E-state index contributed by atoms with van der Waals surface area (Å²) in [5.41, 5.74) is 5.58. The maximum atomic E-state index is 11.9. The maximum Gasteiger partial charge on any atom is 0.251 e. The highest BCUT2D eigenvalue weighted by Gasteiger charge is 2.06. The summed E-state index contributed by atoms with van der Waals surface area (Å²) in [6.07, 6.45) is 0.145. The van der Waals surface area contributed by atoms with Gasteiger partial charge in [0, 0.05) is 23.0 Å². The molecule has 0 aliphatic carbocycles. The van der Waals surface area contributed by atoms with Crippen LogP contribution < -0.4 is 11.1 Å². The Labute approximate surface area is 119 Å². The van der Waals surface area contributed by atoms with Crippen LogP contribution in [0.25, 0.3) is 10.8 Å². The predicted molar refractivity (Wildman–Crippen MR) is 77.8 cm³/mol. The smallest absolute Gasteiger partial charge is 0.251 e. The number of benzene rings is 2. The van der Waals surface area contributed by atoms with E-state index >= 15 is 0 Å². The van der Waals surface area contributed by atoms with Gasteiger partial charge in [0.1, 0.15) is 0 Å². The second kappa shape index (κ2) is 5.84. The number of halogens is 1. The molecule has 2 aromatic carbocycles. The van der Waals surface area contributed by atoms with E-state index < -0.39 is 5.91 Å². The van der Waals surface area contributed by atoms with E-state index in [2.05, 4.69) is 21.2 Å². The first kappa shape index (κ1) is 13.5. The van der Waals surface area contributed by atoms with E-state index in [-0.39, 0.29) is 18.9 Å². The van der Waals surface area contributed by atoms with E-state index in [9.17, 15) is 9.59 Å². The van der Waals surface area contributed by atoms with Gasteiger partial charge in [0.25, 0.3) is 5.91 Å². The lowest BCUT2D eigenvalue weighted by Gasteiger charge is -2.05. The first-order valence-corrected chi connectivity index (χ1v) is 6.61. The molecule has 0 saturated carbocycles. The van der Waals surface area contributed by atoms with Gasteiger partial charge in [-0.15, -0.1) is 0 Å². The largest absolute Gasteiger partial charge is 0.370 e. The molecule has 2 aromatic rings. The summed E-state index contributed by atoms with van der Waals surface area (Å²) in [7, 11) is 0. The summed E-state index contributed by atoms with van der Waals surface area (Å²) < 4.78 is 0.999. The van der Waals surface area contributed by atoms with Crippen molar-refractivity contribution < 1.29 is 9.59 Å². The highest BCUT2D eigenvalue weighted by Crippen LogP contribution is 2.20. The van der Waals surface area contributed by atoms with Crippen LogP contribution in [0.3, 0.4) is 0 Å². The standard InChI is InChI=1S/C14H13BrN2O2/c15-12-4-3-9-7-11(2-1-10(9)8-12)14(19)17-6-5-13(16)18/h1-4,7-8H,5-6H2,(H2,16,18)(H,17,19). The SMILES string of the molecule is NC(=O)CCNC(=O)c1ccc2cc(Br)ccc2c1. The van der Waals surface area contributed by atoms with Crippen LogP contribution in [0.2, 0.25) is 0 Å². The third kappa shape index (κ3) is 3.54. The fourth-order valence-electron chi connectivity index (χ4n) is 1.76. The van der Waals surface area contributed by atoms with Crippen molar-refractivity contribution >= 4 is 38.5 Å². The summed E-state index contributed by atoms with van der Waals surface area (Å²) >= 11 is 3.40. The zero-order chi connectivity index (χ0) is 13.8. The van der Waals surface area contributed by atoms with Crippen molar-refractivity contribution in [3.05, 3.63) is 46.4 Å². The van der Waals surface area contributed by atoms with Gasteiger partial charge in [-0.2, -0.15) is 0 Å². The Hall–Kier alpha value is -1.88. The third-order valence-corrected chi connectivity index (χ3v) is 3.21. The van der Waals surface area contributed by atoms with E-state index in [1.54, 1.807) is 6.07 Å². The lowest BCUT2D eigenvalue weighted by Crippen LogP contribution is -2.27. The van der Waals surface area contributed by atoms with Crippen LogP contribution in [0.1, 0.15) is 16.8 Å². The van der Waals surface area contributed by atoms with Crippen LogP contribution in [-0.2, 0) is 4.79 Å². The number of carbonyl (C=O) groups is 2. The lowest BCUT2D eigenvalue weighted by molar-refractivity contribution is -0.117. The topological polar surface area (TPSA) is 72.2 Å². The molecule has 0 aliphatic rings. The van der Waals surface area contributed by atoms with Crippen molar-refractivity contribution in [2.75, 3.05) is 6.54 Å². The zero-order valence-electron chi connectivity index (χ0n) is 10.2. The molecule has 0 atom stereocenters. The average Bonchev–Trinajstić information content (AvgIpc) is 2.37. The van der Waals surface area contributed by atoms with E-state index in [0.717, 1.165) is 15.2 Å². The number of amides is 2. The molecule has 4 nitrogen and oxygen atoms in total. The Morgan fingerprint density at radius 1 is 1.11 bits per heavy atom. The van der Waals surface area contributed by atoms with Crippen molar-refractivity contribution in [3.8, 4) is 0 Å². The molecule has 0 fully saturated rings. The minimum absolute atomic E-state index is 0.145. The Bertz CT molecular complexity index is 640. The molecule has 0 heterocycles. The maximum absolute atomic E-state index is 11.9. The number of hydrogen-bond acceptors (Lipinski definition) is 2. The summed E-state index contributed by atoms with van der Waals surface area (Å²) in [5, 5.41) is 4.71. The highest BCUT2D eigenvalue weighted by atomic mass is 79.9. The molecule has 0 unspecified atom stereocenters. The summed E-state index contributed by atoms with van der Waals surface area (Å²) in [5.74, 6) is -0.630. The van der Waals surface area contributed by atoms with E-state index in [0.29, 0.717) is 5.56 Å². The lowest BCUT2D eigenvalue weighted by atomic mass is 10.1. The van der Waals surface area contributed by atoms with Crippen LogP contribution in [-0.4, -0.2) is 18.4 Å². The summed E-state index contributed by atoms with van der Waals surface area (Å²) in [6, 6.07) is 11.3. The van der Waals surface area contributed by atoms with Crippen molar-refractivity contribution in [3.63, 3.8) is 0 Å². The minimum atomic E-state index is -0.427. The van der Waals surface area contributed by atoms with Crippen molar-refractivity contribution in [2.45, 2.75) is 6.42 Å². The Balaban J connectivity index is 2.14. The predicted octanol–water partition coefficient (Wildman–Crippen LogP) is 2.21. The van der Waals surface area contributed by atoms with Crippen molar-refractivity contribution in [1.82, 2.24) is 5.32 Å². The van der Waals surface area contributed by atoms with Crippen LogP contribution in [0.5, 0.6) is 0 Å². The number of hydrogen-bond donors (Lipinski definition) is 2. The van der Waals surface area contributed by atoms with Crippen LogP contribution in [0.15, 0.2) is 40.9 Å². The second-order valence-corrected chi connectivity index (χ2v) is 5.09. The van der Waals surface area contributed by atoms with E-state index in [1.807, 2.05) is 30.3 Å². The molecule has 98 valence electrons. The molecule has 2 amide bonds. The van der Waals surface area contributed by atoms with Crippen molar-refractivity contribution in [1.29, 1.82) is 0 Å². The first-order chi connectivity index (χ1) is 9.06. The van der Waals surface area contributed by atoms with Gasteiger partial charge < -0.3 is 11.1 Å².